The predicted octanol–water partition coefficient (Wildman–Crippen LogP) is 2.66. The van der Waals surface area contributed by atoms with Crippen LogP contribution in [0.5, 0.6) is 0 Å². The minimum atomic E-state index is 0.107. The van der Waals surface area contributed by atoms with Crippen molar-refractivity contribution in [3.8, 4) is 0 Å². The Bertz CT molecular complexity index is 342. The third-order valence-corrected chi connectivity index (χ3v) is 3.62. The number of nitrogens with two attached hydrogens (primary N) is 1. The summed E-state index contributed by atoms with van der Waals surface area (Å²) in [5.41, 5.74) is 7.43. The molecule has 19 heavy (non-hydrogen) atoms. The second-order valence-corrected chi connectivity index (χ2v) is 5.63. The second kappa shape index (κ2) is 8.33. The molecule has 1 aromatic heterocycles. The molecule has 0 amide bonds. The van der Waals surface area contributed by atoms with E-state index in [-0.39, 0.29) is 6.04 Å². The molecule has 0 aliphatic heterocycles. The van der Waals surface area contributed by atoms with Gasteiger partial charge in [0.05, 0.1) is 12.0 Å². The van der Waals surface area contributed by atoms with Crippen LogP contribution in [0.3, 0.4) is 0 Å². The van der Waals surface area contributed by atoms with Crippen molar-refractivity contribution in [2.45, 2.75) is 53.1 Å². The zero-order chi connectivity index (χ0) is 14.3. The van der Waals surface area contributed by atoms with Gasteiger partial charge in [-0.25, -0.2) is 4.98 Å². The molecule has 0 saturated heterocycles. The lowest BCUT2D eigenvalue weighted by molar-refractivity contribution is 0.292. The van der Waals surface area contributed by atoms with Crippen LogP contribution in [-0.4, -0.2) is 34.1 Å². The third-order valence-electron chi connectivity index (χ3n) is 3.62. The molecule has 0 radical (unpaired) electrons. The first-order chi connectivity index (χ1) is 9.08. The smallest absolute Gasteiger partial charge is 0.0948 e. The lowest BCUT2D eigenvalue weighted by Crippen LogP contribution is -2.25. The Balaban J connectivity index is 2.48. The number of hydrogen-bond donors (Lipinski definition) is 1. The highest BCUT2D eigenvalue weighted by Crippen LogP contribution is 2.18. The summed E-state index contributed by atoms with van der Waals surface area (Å²) in [4.78, 5) is 6.71. The van der Waals surface area contributed by atoms with Crippen molar-refractivity contribution in [1.29, 1.82) is 0 Å². The zero-order valence-electron chi connectivity index (χ0n) is 13.0. The molecule has 2 N–H and O–H groups in total. The SMILES string of the molecule is CCN(CC)CCCn1cncc1C(N)CC(C)C. The lowest BCUT2D eigenvalue weighted by Gasteiger charge is -2.19. The van der Waals surface area contributed by atoms with Crippen LogP contribution in [0.1, 0.15) is 52.3 Å². The van der Waals surface area contributed by atoms with Crippen LogP contribution in [0.4, 0.5) is 0 Å². The van der Waals surface area contributed by atoms with Crippen molar-refractivity contribution in [3.05, 3.63) is 18.2 Å². The van der Waals surface area contributed by atoms with E-state index >= 15 is 0 Å². The third kappa shape index (κ3) is 5.33. The molecule has 0 bridgehead atoms. The van der Waals surface area contributed by atoms with Crippen molar-refractivity contribution in [3.63, 3.8) is 0 Å². The molecule has 110 valence electrons. The highest BCUT2D eigenvalue weighted by atomic mass is 15.1. The number of hydrogen-bond acceptors (Lipinski definition) is 3. The van der Waals surface area contributed by atoms with E-state index in [1.165, 1.54) is 5.69 Å². The van der Waals surface area contributed by atoms with Gasteiger partial charge in [0.15, 0.2) is 0 Å². The molecule has 1 aromatic rings. The fourth-order valence-corrected chi connectivity index (χ4v) is 2.46. The van der Waals surface area contributed by atoms with E-state index in [1.54, 1.807) is 0 Å². The summed E-state index contributed by atoms with van der Waals surface area (Å²) in [5, 5.41) is 0. The average molecular weight is 266 g/mol. The van der Waals surface area contributed by atoms with Crippen LogP contribution >= 0.6 is 0 Å². The first-order valence-corrected chi connectivity index (χ1v) is 7.56. The van der Waals surface area contributed by atoms with E-state index in [4.69, 9.17) is 5.73 Å². The minimum absolute atomic E-state index is 0.107. The van der Waals surface area contributed by atoms with Crippen LogP contribution in [0, 0.1) is 5.92 Å². The molecule has 1 rings (SSSR count). The summed E-state index contributed by atoms with van der Waals surface area (Å²) in [6.45, 7) is 13.2. The Morgan fingerprint density at radius 1 is 1.32 bits per heavy atom. The van der Waals surface area contributed by atoms with Crippen molar-refractivity contribution >= 4 is 0 Å². The monoisotopic (exact) mass is 266 g/mol. The van der Waals surface area contributed by atoms with Gasteiger partial charge in [0.2, 0.25) is 0 Å². The summed E-state index contributed by atoms with van der Waals surface area (Å²) in [6.07, 6.45) is 6.00. The average Bonchev–Trinajstić information content (AvgIpc) is 2.82. The summed E-state index contributed by atoms with van der Waals surface area (Å²) < 4.78 is 2.22. The van der Waals surface area contributed by atoms with E-state index < -0.39 is 0 Å². The maximum Gasteiger partial charge on any atom is 0.0948 e. The number of imidazole rings is 1. The van der Waals surface area contributed by atoms with Gasteiger partial charge in [0, 0.05) is 18.8 Å². The first kappa shape index (κ1) is 16.2. The molecular formula is C15H30N4. The largest absolute Gasteiger partial charge is 0.333 e. The Hall–Kier alpha value is -0.870. The van der Waals surface area contributed by atoms with Crippen molar-refractivity contribution in [2.24, 2.45) is 11.7 Å². The Morgan fingerprint density at radius 2 is 2.00 bits per heavy atom. The van der Waals surface area contributed by atoms with Crippen LogP contribution in [0.15, 0.2) is 12.5 Å². The summed E-state index contributed by atoms with van der Waals surface area (Å²) >= 11 is 0. The maximum atomic E-state index is 6.25. The number of aryl methyl sites for hydroxylation is 1. The Morgan fingerprint density at radius 3 is 2.58 bits per heavy atom. The minimum Gasteiger partial charge on any atom is -0.333 e. The lowest BCUT2D eigenvalue weighted by atomic mass is 10.0. The van der Waals surface area contributed by atoms with E-state index in [1.807, 2.05) is 12.5 Å². The van der Waals surface area contributed by atoms with Gasteiger partial charge in [-0.2, -0.15) is 0 Å². The molecule has 4 heteroatoms. The predicted molar refractivity (Wildman–Crippen MR) is 81.0 cm³/mol. The number of nitrogens with zero attached hydrogens (tertiary/aromatic N) is 3. The molecule has 0 aliphatic carbocycles. The fraction of sp³-hybridized carbons (Fsp3) is 0.800. The van der Waals surface area contributed by atoms with Gasteiger partial charge in [0.1, 0.15) is 0 Å². The first-order valence-electron chi connectivity index (χ1n) is 7.56. The van der Waals surface area contributed by atoms with Gasteiger partial charge >= 0.3 is 0 Å². The Kier molecular flexibility index (Phi) is 7.10. The van der Waals surface area contributed by atoms with Gasteiger partial charge in [-0.05, 0) is 38.4 Å². The van der Waals surface area contributed by atoms with E-state index in [0.29, 0.717) is 5.92 Å². The van der Waals surface area contributed by atoms with Gasteiger partial charge in [0.25, 0.3) is 0 Å². The summed E-state index contributed by atoms with van der Waals surface area (Å²) in [7, 11) is 0. The van der Waals surface area contributed by atoms with Crippen LogP contribution < -0.4 is 5.73 Å². The fourth-order valence-electron chi connectivity index (χ4n) is 2.46. The zero-order valence-corrected chi connectivity index (χ0v) is 13.0. The quantitative estimate of drug-likeness (QED) is 0.747. The van der Waals surface area contributed by atoms with E-state index in [9.17, 15) is 0 Å². The normalized spacial score (nSPS) is 13.4. The van der Waals surface area contributed by atoms with Crippen LogP contribution in [0.25, 0.3) is 0 Å². The van der Waals surface area contributed by atoms with Gasteiger partial charge in [-0.15, -0.1) is 0 Å². The highest BCUT2D eigenvalue weighted by Gasteiger charge is 2.13. The van der Waals surface area contributed by atoms with E-state index in [0.717, 1.165) is 39.0 Å². The van der Waals surface area contributed by atoms with Crippen molar-refractivity contribution in [2.75, 3.05) is 19.6 Å². The molecule has 0 aromatic carbocycles. The topological polar surface area (TPSA) is 47.1 Å². The second-order valence-electron chi connectivity index (χ2n) is 5.63. The van der Waals surface area contributed by atoms with Crippen molar-refractivity contribution < 1.29 is 0 Å². The standard InChI is InChI=1S/C15H30N4/c1-5-18(6-2)8-7-9-19-12-17-11-15(19)14(16)10-13(3)4/h11-14H,5-10,16H2,1-4H3. The highest BCUT2D eigenvalue weighted by molar-refractivity contribution is 5.04. The van der Waals surface area contributed by atoms with Crippen LogP contribution in [-0.2, 0) is 6.54 Å². The number of aromatic nitrogens is 2. The molecular weight excluding hydrogens is 236 g/mol. The van der Waals surface area contributed by atoms with E-state index in [2.05, 4.69) is 42.1 Å². The van der Waals surface area contributed by atoms with Gasteiger partial charge in [-0.3, -0.25) is 0 Å². The molecule has 1 unspecified atom stereocenters. The van der Waals surface area contributed by atoms with Crippen LogP contribution in [0.2, 0.25) is 0 Å². The molecule has 0 saturated carbocycles. The molecule has 0 spiro atoms. The summed E-state index contributed by atoms with van der Waals surface area (Å²) in [6, 6.07) is 0.107. The van der Waals surface area contributed by atoms with Crippen molar-refractivity contribution in [1.82, 2.24) is 14.5 Å². The molecule has 1 atom stereocenters. The molecule has 0 fully saturated rings. The van der Waals surface area contributed by atoms with Gasteiger partial charge in [-0.1, -0.05) is 27.7 Å². The Labute approximate surface area is 118 Å². The maximum absolute atomic E-state index is 6.25. The van der Waals surface area contributed by atoms with Gasteiger partial charge < -0.3 is 15.2 Å². The molecule has 0 aliphatic rings. The molecule has 4 nitrogen and oxygen atoms in total. The number of rotatable bonds is 9. The molecule has 1 heterocycles. The summed E-state index contributed by atoms with van der Waals surface area (Å²) in [5.74, 6) is 0.619.